The van der Waals surface area contributed by atoms with Gasteiger partial charge in [0.1, 0.15) is 12.2 Å². The van der Waals surface area contributed by atoms with Gasteiger partial charge in [0.15, 0.2) is 0 Å². The van der Waals surface area contributed by atoms with Crippen LogP contribution in [0.15, 0.2) is 54.6 Å². The molecule has 1 amide bonds. The Morgan fingerprint density at radius 3 is 2.77 bits per heavy atom. The van der Waals surface area contributed by atoms with E-state index in [1.165, 1.54) is 0 Å². The van der Waals surface area contributed by atoms with Crippen LogP contribution in [0.1, 0.15) is 28.4 Å². The van der Waals surface area contributed by atoms with Crippen LogP contribution in [0, 0.1) is 0 Å². The van der Waals surface area contributed by atoms with Crippen molar-refractivity contribution >= 4 is 16.8 Å². The number of hydrogen-bond donors (Lipinski definition) is 4. The van der Waals surface area contributed by atoms with E-state index in [4.69, 9.17) is 9.72 Å². The van der Waals surface area contributed by atoms with Crippen molar-refractivity contribution in [3.05, 3.63) is 65.7 Å². The van der Waals surface area contributed by atoms with Crippen LogP contribution in [0.2, 0.25) is 0 Å². The van der Waals surface area contributed by atoms with Gasteiger partial charge in [-0.2, -0.15) is 0 Å². The van der Waals surface area contributed by atoms with Crippen molar-refractivity contribution in [3.63, 3.8) is 0 Å². The van der Waals surface area contributed by atoms with Crippen LogP contribution in [0.25, 0.3) is 22.2 Å². The van der Waals surface area contributed by atoms with Crippen LogP contribution in [0.5, 0.6) is 0 Å². The lowest BCUT2D eigenvalue weighted by molar-refractivity contribution is -0.179. The molecule has 30 heavy (non-hydrogen) atoms. The molecular formula is C23H24N2O5. The first-order valence-electron chi connectivity index (χ1n) is 9.86. The van der Waals surface area contributed by atoms with E-state index in [-0.39, 0.29) is 18.9 Å². The normalized spacial score (nSPS) is 24.0. The van der Waals surface area contributed by atoms with Crippen LogP contribution < -0.4 is 5.32 Å². The summed E-state index contributed by atoms with van der Waals surface area (Å²) in [7, 11) is 1.59. The van der Waals surface area contributed by atoms with E-state index >= 15 is 0 Å². The number of aliphatic hydroxyl groups is 3. The van der Waals surface area contributed by atoms with E-state index in [1.807, 2.05) is 42.5 Å². The van der Waals surface area contributed by atoms with Crippen molar-refractivity contribution in [2.24, 2.45) is 0 Å². The summed E-state index contributed by atoms with van der Waals surface area (Å²) in [6.07, 6.45) is -3.10. The molecule has 3 unspecified atom stereocenters. The second-order valence-corrected chi connectivity index (χ2v) is 7.46. The molecule has 1 aliphatic heterocycles. The third kappa shape index (κ3) is 3.93. The predicted octanol–water partition coefficient (Wildman–Crippen LogP) is 1.81. The minimum Gasteiger partial charge on any atom is -0.394 e. The molecule has 0 radical (unpaired) electrons. The zero-order chi connectivity index (χ0) is 21.3. The quantitative estimate of drug-likeness (QED) is 0.524. The van der Waals surface area contributed by atoms with E-state index in [2.05, 4.69) is 5.32 Å². The van der Waals surface area contributed by atoms with E-state index in [1.54, 1.807) is 19.2 Å². The summed E-state index contributed by atoms with van der Waals surface area (Å²) >= 11 is 0. The van der Waals surface area contributed by atoms with Gasteiger partial charge in [0.2, 0.25) is 0 Å². The summed E-state index contributed by atoms with van der Waals surface area (Å²) in [6, 6.07) is 16.6. The number of aliphatic hydroxyl groups excluding tert-OH is 3. The van der Waals surface area contributed by atoms with Gasteiger partial charge in [-0.25, -0.2) is 4.98 Å². The lowest BCUT2D eigenvalue weighted by Crippen LogP contribution is -2.44. The molecule has 0 saturated carbocycles. The van der Waals surface area contributed by atoms with Gasteiger partial charge in [-0.3, -0.25) is 4.79 Å². The van der Waals surface area contributed by atoms with Crippen molar-refractivity contribution in [2.75, 3.05) is 13.7 Å². The fraction of sp³-hybridized carbons (Fsp3) is 0.304. The summed E-state index contributed by atoms with van der Waals surface area (Å²) in [5, 5.41) is 33.4. The summed E-state index contributed by atoms with van der Waals surface area (Å²) in [6.45, 7) is -0.218. The average molecular weight is 408 g/mol. The van der Waals surface area contributed by atoms with Crippen molar-refractivity contribution in [2.45, 2.75) is 30.8 Å². The molecule has 4 rings (SSSR count). The minimum absolute atomic E-state index is 0.150. The molecular weight excluding hydrogens is 384 g/mol. The van der Waals surface area contributed by atoms with Gasteiger partial charge in [0.25, 0.3) is 5.91 Å². The molecule has 0 bridgehead atoms. The van der Waals surface area contributed by atoms with Crippen molar-refractivity contribution in [1.29, 1.82) is 0 Å². The molecule has 2 heterocycles. The Balaban J connectivity index is 1.66. The lowest BCUT2D eigenvalue weighted by atomic mass is 9.92. The number of nitrogens with zero attached hydrogens (tertiary/aromatic N) is 1. The first-order chi connectivity index (χ1) is 14.5. The smallest absolute Gasteiger partial charge is 0.251 e. The Bertz CT molecular complexity index is 1070. The SMILES string of the molecule is CNC(=O)c1ccc2nc(-c3cccc([C@H]4OC(CO)CC(O)C4O)c3)ccc2c1. The maximum atomic E-state index is 11.8. The highest BCUT2D eigenvalue weighted by molar-refractivity contribution is 5.98. The van der Waals surface area contributed by atoms with Gasteiger partial charge in [-0.15, -0.1) is 0 Å². The van der Waals surface area contributed by atoms with Crippen molar-refractivity contribution in [3.8, 4) is 11.3 Å². The van der Waals surface area contributed by atoms with Crippen LogP contribution in [-0.2, 0) is 4.74 Å². The standard InChI is InChI=1S/C23H24N2O5/c1-24-23(29)16-6-8-19-14(10-16)5-7-18(25-19)13-3-2-4-15(9-13)22-21(28)20(27)11-17(12-26)30-22/h2-10,17,20-22,26-28H,11-12H2,1H3,(H,24,29)/t17?,20?,21?,22-/m1/s1. The van der Waals surface area contributed by atoms with E-state index < -0.39 is 24.4 Å². The third-order valence-corrected chi connectivity index (χ3v) is 5.44. The minimum atomic E-state index is -1.07. The maximum Gasteiger partial charge on any atom is 0.251 e. The topological polar surface area (TPSA) is 112 Å². The molecule has 1 fully saturated rings. The van der Waals surface area contributed by atoms with Gasteiger partial charge >= 0.3 is 0 Å². The molecule has 7 nitrogen and oxygen atoms in total. The number of fused-ring (bicyclic) bond motifs is 1. The molecule has 0 spiro atoms. The Hall–Kier alpha value is -2.84. The van der Waals surface area contributed by atoms with E-state index in [0.717, 1.165) is 22.2 Å². The predicted molar refractivity (Wildman–Crippen MR) is 112 cm³/mol. The highest BCUT2D eigenvalue weighted by atomic mass is 16.5. The number of rotatable bonds is 4. The number of benzene rings is 2. The van der Waals surface area contributed by atoms with Crippen LogP contribution in [0.4, 0.5) is 0 Å². The zero-order valence-corrected chi connectivity index (χ0v) is 16.5. The second kappa shape index (κ2) is 8.49. The van der Waals surface area contributed by atoms with E-state index in [0.29, 0.717) is 11.1 Å². The number of aromatic nitrogens is 1. The molecule has 1 aliphatic rings. The Kier molecular flexibility index (Phi) is 5.78. The fourth-order valence-electron chi connectivity index (χ4n) is 3.79. The summed E-state index contributed by atoms with van der Waals surface area (Å²) in [5.41, 5.74) is 3.61. The van der Waals surface area contributed by atoms with Crippen molar-refractivity contribution < 1.29 is 24.9 Å². The van der Waals surface area contributed by atoms with Gasteiger partial charge < -0.3 is 25.4 Å². The summed E-state index contributed by atoms with van der Waals surface area (Å²) < 4.78 is 5.79. The average Bonchev–Trinajstić information content (AvgIpc) is 2.79. The zero-order valence-electron chi connectivity index (χ0n) is 16.5. The third-order valence-electron chi connectivity index (χ3n) is 5.44. The number of carbonyl (C=O) groups is 1. The monoisotopic (exact) mass is 408 g/mol. The number of carbonyl (C=O) groups excluding carboxylic acids is 1. The number of hydrogen-bond acceptors (Lipinski definition) is 6. The largest absolute Gasteiger partial charge is 0.394 e. The number of ether oxygens (including phenoxy) is 1. The Labute approximate surface area is 174 Å². The Morgan fingerprint density at radius 2 is 2.00 bits per heavy atom. The maximum absolute atomic E-state index is 11.8. The fourth-order valence-corrected chi connectivity index (χ4v) is 3.79. The van der Waals surface area contributed by atoms with Crippen molar-refractivity contribution in [1.82, 2.24) is 10.3 Å². The molecule has 4 N–H and O–H groups in total. The molecule has 1 saturated heterocycles. The molecule has 2 aromatic carbocycles. The summed E-state index contributed by atoms with van der Waals surface area (Å²) in [5.74, 6) is -0.150. The van der Waals surface area contributed by atoms with Gasteiger partial charge in [-0.05, 0) is 35.9 Å². The number of amides is 1. The van der Waals surface area contributed by atoms with Gasteiger partial charge in [-0.1, -0.05) is 24.3 Å². The molecule has 1 aromatic heterocycles. The summed E-state index contributed by atoms with van der Waals surface area (Å²) in [4.78, 5) is 16.5. The van der Waals surface area contributed by atoms with Crippen LogP contribution in [0.3, 0.4) is 0 Å². The van der Waals surface area contributed by atoms with Crippen LogP contribution in [-0.4, -0.2) is 58.2 Å². The lowest BCUT2D eigenvalue weighted by Gasteiger charge is -2.36. The first-order valence-corrected chi connectivity index (χ1v) is 9.86. The molecule has 156 valence electrons. The number of pyridine rings is 1. The first kappa shape index (κ1) is 20.4. The van der Waals surface area contributed by atoms with Crippen LogP contribution >= 0.6 is 0 Å². The van der Waals surface area contributed by atoms with E-state index in [9.17, 15) is 20.1 Å². The number of nitrogens with one attached hydrogen (secondary N) is 1. The van der Waals surface area contributed by atoms with Gasteiger partial charge in [0, 0.05) is 30.0 Å². The second-order valence-electron chi connectivity index (χ2n) is 7.46. The molecule has 0 aliphatic carbocycles. The molecule has 7 heteroatoms. The highest BCUT2D eigenvalue weighted by Crippen LogP contribution is 2.34. The molecule has 3 aromatic rings. The Morgan fingerprint density at radius 1 is 1.17 bits per heavy atom. The highest BCUT2D eigenvalue weighted by Gasteiger charge is 2.37. The van der Waals surface area contributed by atoms with Gasteiger partial charge in [0.05, 0.1) is 30.0 Å². The molecule has 4 atom stereocenters.